The number of aromatic carboxylic acids is 1. The third kappa shape index (κ3) is 2.86. The highest BCUT2D eigenvalue weighted by atomic mass is 16.4. The van der Waals surface area contributed by atoms with Crippen LogP contribution in [-0.2, 0) is 14.1 Å². The van der Waals surface area contributed by atoms with Crippen molar-refractivity contribution in [2.24, 2.45) is 14.1 Å². The average molecular weight is 340 g/mol. The van der Waals surface area contributed by atoms with Crippen molar-refractivity contribution in [3.05, 3.63) is 34.9 Å². The molecule has 0 saturated carbocycles. The van der Waals surface area contributed by atoms with E-state index in [-0.39, 0.29) is 5.56 Å². The topological polar surface area (TPSA) is 89.1 Å². The first-order valence-electron chi connectivity index (χ1n) is 7.74. The molecule has 0 fully saturated rings. The summed E-state index contributed by atoms with van der Waals surface area (Å²) in [5.74, 6) is -0.162. The fraction of sp³-hybridized carbons (Fsp3) is 0.294. The Balaban J connectivity index is 2.08. The molecular formula is C17H20N6O2. The molecule has 0 aliphatic rings. The van der Waals surface area contributed by atoms with E-state index >= 15 is 0 Å². The van der Waals surface area contributed by atoms with Crippen molar-refractivity contribution < 1.29 is 9.90 Å². The van der Waals surface area contributed by atoms with Crippen LogP contribution in [0.25, 0.3) is 23.2 Å². The third-order valence-electron chi connectivity index (χ3n) is 4.04. The Bertz CT molecular complexity index is 996. The molecule has 0 aliphatic carbocycles. The van der Waals surface area contributed by atoms with Gasteiger partial charge in [0, 0.05) is 28.2 Å². The van der Waals surface area contributed by atoms with E-state index in [9.17, 15) is 9.90 Å². The van der Waals surface area contributed by atoms with Gasteiger partial charge in [0.15, 0.2) is 5.65 Å². The molecule has 3 rings (SSSR count). The number of imidazole rings is 1. The molecule has 3 aromatic rings. The highest BCUT2D eigenvalue weighted by Crippen LogP contribution is 2.23. The lowest BCUT2D eigenvalue weighted by atomic mass is 10.1. The lowest BCUT2D eigenvalue weighted by Crippen LogP contribution is -2.14. The van der Waals surface area contributed by atoms with Gasteiger partial charge in [0.1, 0.15) is 0 Å². The van der Waals surface area contributed by atoms with Gasteiger partial charge in [-0.15, -0.1) is 0 Å². The normalized spacial score (nSPS) is 11.6. The largest absolute Gasteiger partial charge is 0.478 e. The van der Waals surface area contributed by atoms with Crippen LogP contribution in [0.5, 0.6) is 0 Å². The second-order valence-corrected chi connectivity index (χ2v) is 6.08. The first-order chi connectivity index (χ1) is 11.8. The van der Waals surface area contributed by atoms with E-state index in [0.29, 0.717) is 22.4 Å². The molecule has 0 bridgehead atoms. The fourth-order valence-corrected chi connectivity index (χ4v) is 2.87. The number of pyridine rings is 1. The number of hydrogen-bond donors (Lipinski definition) is 1. The minimum atomic E-state index is -0.992. The maximum absolute atomic E-state index is 11.6. The van der Waals surface area contributed by atoms with Crippen molar-refractivity contribution >= 4 is 35.1 Å². The van der Waals surface area contributed by atoms with E-state index in [0.717, 1.165) is 11.6 Å². The van der Waals surface area contributed by atoms with Crippen LogP contribution in [0.1, 0.15) is 27.4 Å². The Morgan fingerprint density at radius 1 is 1.28 bits per heavy atom. The molecule has 130 valence electrons. The summed E-state index contributed by atoms with van der Waals surface area (Å²) in [6.45, 7) is 1.78. The summed E-state index contributed by atoms with van der Waals surface area (Å²) in [5, 5.41) is 14.4. The van der Waals surface area contributed by atoms with Crippen molar-refractivity contribution in [2.45, 2.75) is 6.92 Å². The number of carbonyl (C=O) groups is 1. The van der Waals surface area contributed by atoms with E-state index < -0.39 is 5.97 Å². The van der Waals surface area contributed by atoms with Gasteiger partial charge in [0.2, 0.25) is 5.95 Å². The van der Waals surface area contributed by atoms with Gasteiger partial charge in [-0.1, -0.05) is 0 Å². The second kappa shape index (κ2) is 6.04. The molecule has 0 amide bonds. The smallest absolute Gasteiger partial charge is 0.336 e. The summed E-state index contributed by atoms with van der Waals surface area (Å²) in [6, 6.07) is 1.57. The molecular weight excluding hydrogens is 320 g/mol. The molecule has 0 unspecified atom stereocenters. The second-order valence-electron chi connectivity index (χ2n) is 6.08. The van der Waals surface area contributed by atoms with Crippen LogP contribution in [0.4, 0.5) is 5.95 Å². The van der Waals surface area contributed by atoms with Gasteiger partial charge < -0.3 is 14.6 Å². The predicted molar refractivity (Wildman–Crippen MR) is 96.7 cm³/mol. The number of carboxylic acids is 1. The molecule has 25 heavy (non-hydrogen) atoms. The van der Waals surface area contributed by atoms with Gasteiger partial charge >= 0.3 is 5.97 Å². The number of nitrogens with zero attached hydrogens (tertiary/aromatic N) is 6. The molecule has 0 aromatic carbocycles. The highest BCUT2D eigenvalue weighted by molar-refractivity contribution is 6.03. The minimum absolute atomic E-state index is 0.203. The number of fused-ring (bicyclic) bond motifs is 1. The predicted octanol–water partition coefficient (Wildman–Crippen LogP) is 1.94. The average Bonchev–Trinajstić information content (AvgIpc) is 3.05. The van der Waals surface area contributed by atoms with Crippen LogP contribution in [0.2, 0.25) is 0 Å². The van der Waals surface area contributed by atoms with Crippen molar-refractivity contribution in [3.8, 4) is 0 Å². The fourth-order valence-electron chi connectivity index (χ4n) is 2.87. The van der Waals surface area contributed by atoms with E-state index in [4.69, 9.17) is 0 Å². The Kier molecular flexibility index (Phi) is 4.03. The van der Waals surface area contributed by atoms with Crippen LogP contribution in [0.15, 0.2) is 12.3 Å². The van der Waals surface area contributed by atoms with Crippen LogP contribution >= 0.6 is 0 Å². The number of rotatable bonds is 4. The first-order valence-corrected chi connectivity index (χ1v) is 7.74. The summed E-state index contributed by atoms with van der Waals surface area (Å²) in [4.78, 5) is 22.4. The lowest BCUT2D eigenvalue weighted by Gasteiger charge is -2.11. The van der Waals surface area contributed by atoms with Gasteiger partial charge in [-0.25, -0.2) is 14.8 Å². The third-order valence-corrected chi connectivity index (χ3v) is 4.04. The highest BCUT2D eigenvalue weighted by Gasteiger charge is 2.17. The molecule has 0 spiro atoms. The molecule has 8 nitrogen and oxygen atoms in total. The maximum Gasteiger partial charge on any atom is 0.336 e. The van der Waals surface area contributed by atoms with Crippen LogP contribution in [-0.4, -0.2) is 49.5 Å². The number of carboxylic acid groups (broad SMARTS) is 1. The molecule has 3 heterocycles. The van der Waals surface area contributed by atoms with Crippen molar-refractivity contribution in [1.29, 1.82) is 0 Å². The summed E-state index contributed by atoms with van der Waals surface area (Å²) in [5.41, 5.74) is 2.86. The first kappa shape index (κ1) is 16.7. The van der Waals surface area contributed by atoms with E-state index in [1.807, 2.05) is 36.7 Å². The number of hydrogen-bond acceptors (Lipinski definition) is 5. The Hall–Kier alpha value is -3.16. The molecule has 1 N–H and O–H groups in total. The molecule has 0 aliphatic heterocycles. The van der Waals surface area contributed by atoms with Gasteiger partial charge in [-0.2, -0.15) is 5.10 Å². The van der Waals surface area contributed by atoms with Crippen LogP contribution in [0.3, 0.4) is 0 Å². The zero-order valence-corrected chi connectivity index (χ0v) is 14.8. The summed E-state index contributed by atoms with van der Waals surface area (Å²) >= 11 is 0. The zero-order chi connectivity index (χ0) is 18.3. The summed E-state index contributed by atoms with van der Waals surface area (Å²) in [6.07, 6.45) is 5.41. The SMILES string of the molecule is Cc1nn(C)c2nc(C=Cc3cnc(N(C)C)n3C)cc(C(=O)O)c12. The molecule has 0 atom stereocenters. The van der Waals surface area contributed by atoms with Crippen LogP contribution in [0, 0.1) is 6.92 Å². The van der Waals surface area contributed by atoms with E-state index in [1.54, 1.807) is 37.0 Å². The van der Waals surface area contributed by atoms with Gasteiger partial charge in [0.05, 0.1) is 34.2 Å². The van der Waals surface area contributed by atoms with E-state index in [2.05, 4.69) is 15.1 Å². The van der Waals surface area contributed by atoms with E-state index in [1.165, 1.54) is 0 Å². The minimum Gasteiger partial charge on any atom is -0.478 e. The number of aromatic nitrogens is 5. The maximum atomic E-state index is 11.6. The van der Waals surface area contributed by atoms with Crippen molar-refractivity contribution in [1.82, 2.24) is 24.3 Å². The van der Waals surface area contributed by atoms with Crippen LogP contribution < -0.4 is 4.90 Å². The zero-order valence-electron chi connectivity index (χ0n) is 14.8. The van der Waals surface area contributed by atoms with Gasteiger partial charge in [-0.3, -0.25) is 4.68 Å². The number of anilines is 1. The summed E-state index contributed by atoms with van der Waals surface area (Å²) < 4.78 is 3.55. The Morgan fingerprint density at radius 3 is 2.60 bits per heavy atom. The van der Waals surface area contributed by atoms with Gasteiger partial charge in [0.25, 0.3) is 0 Å². The van der Waals surface area contributed by atoms with Gasteiger partial charge in [-0.05, 0) is 25.1 Å². The number of aryl methyl sites for hydroxylation is 2. The molecule has 0 radical (unpaired) electrons. The molecule has 3 aromatic heterocycles. The molecule has 0 saturated heterocycles. The molecule has 8 heteroatoms. The Morgan fingerprint density at radius 2 is 2.00 bits per heavy atom. The van der Waals surface area contributed by atoms with Crippen molar-refractivity contribution in [2.75, 3.05) is 19.0 Å². The summed E-state index contributed by atoms with van der Waals surface area (Å²) in [7, 11) is 7.53. The monoisotopic (exact) mass is 340 g/mol. The van der Waals surface area contributed by atoms with Crippen molar-refractivity contribution in [3.63, 3.8) is 0 Å². The lowest BCUT2D eigenvalue weighted by molar-refractivity contribution is 0.0699. The Labute approximate surface area is 145 Å². The standard InChI is InChI=1S/C17H20N6O2/c1-10-14-13(16(24)25)8-11(19-15(14)23(5)20-10)6-7-12-9-18-17(21(2)3)22(12)4/h6-9H,1-5H3,(H,24,25). The quantitative estimate of drug-likeness (QED) is 0.781.